The Morgan fingerprint density at radius 3 is 2.27 bits per heavy atom. The molecule has 2 heterocycles. The van der Waals surface area contributed by atoms with E-state index in [4.69, 9.17) is 4.74 Å². The van der Waals surface area contributed by atoms with Crippen molar-refractivity contribution in [2.75, 3.05) is 26.5 Å². The third-order valence-electron chi connectivity index (χ3n) is 5.24. The van der Waals surface area contributed by atoms with E-state index in [1.807, 2.05) is 48.5 Å². The molecule has 166 valence electrons. The Kier molecular flexibility index (Phi) is 6.17. The highest BCUT2D eigenvalue weighted by Crippen LogP contribution is 2.38. The van der Waals surface area contributed by atoms with Gasteiger partial charge in [-0.25, -0.2) is 0 Å². The molecule has 0 spiro atoms. The average Bonchev–Trinajstić information content (AvgIpc) is 2.87. The summed E-state index contributed by atoms with van der Waals surface area (Å²) in [5, 5.41) is 9.34. The van der Waals surface area contributed by atoms with Gasteiger partial charge in [0.15, 0.2) is 0 Å². The minimum Gasteiger partial charge on any atom is -0.496 e. The van der Waals surface area contributed by atoms with Crippen molar-refractivity contribution in [3.63, 3.8) is 0 Å². The number of rotatable bonds is 6. The van der Waals surface area contributed by atoms with E-state index in [0.717, 1.165) is 22.2 Å². The van der Waals surface area contributed by atoms with Crippen molar-refractivity contribution in [3.05, 3.63) is 78.2 Å². The van der Waals surface area contributed by atoms with Crippen LogP contribution in [0.4, 0.5) is 11.4 Å². The van der Waals surface area contributed by atoms with Crippen LogP contribution >= 0.6 is 0 Å². The number of nitrogens with zero attached hydrogens (tertiary/aromatic N) is 2. The van der Waals surface area contributed by atoms with Crippen molar-refractivity contribution in [3.8, 4) is 16.9 Å². The molecular weight excluding hydrogens is 418 g/mol. The van der Waals surface area contributed by atoms with E-state index in [-0.39, 0.29) is 11.8 Å². The van der Waals surface area contributed by atoms with E-state index >= 15 is 0 Å². The van der Waals surface area contributed by atoms with Crippen LogP contribution in [0.25, 0.3) is 22.0 Å². The Morgan fingerprint density at radius 1 is 0.879 bits per heavy atom. The number of aromatic nitrogens is 2. The van der Waals surface area contributed by atoms with Gasteiger partial charge in [-0.15, -0.1) is 0 Å². The Hall–Kier alpha value is -4.46. The predicted octanol–water partition coefficient (Wildman–Crippen LogP) is 3.77. The van der Waals surface area contributed by atoms with Crippen LogP contribution in [0.3, 0.4) is 0 Å². The summed E-state index contributed by atoms with van der Waals surface area (Å²) >= 11 is 0. The first-order valence-electron chi connectivity index (χ1n) is 10.3. The SMILES string of the molecule is CNC(=O)c1ccc(-c2cc3c(Nc4ccccc4)c(C(=O)NC)cnc3cc2OC)cn1. The zero-order valence-electron chi connectivity index (χ0n) is 18.5. The number of para-hydroxylation sites is 1. The molecule has 4 rings (SSSR count). The van der Waals surface area contributed by atoms with Gasteiger partial charge >= 0.3 is 0 Å². The zero-order valence-corrected chi connectivity index (χ0v) is 18.5. The number of nitrogens with one attached hydrogen (secondary N) is 3. The van der Waals surface area contributed by atoms with E-state index < -0.39 is 0 Å². The highest BCUT2D eigenvalue weighted by Gasteiger charge is 2.18. The fourth-order valence-corrected chi connectivity index (χ4v) is 3.54. The molecule has 33 heavy (non-hydrogen) atoms. The van der Waals surface area contributed by atoms with Gasteiger partial charge < -0.3 is 20.7 Å². The topological polar surface area (TPSA) is 105 Å². The van der Waals surface area contributed by atoms with Crippen LogP contribution in [-0.2, 0) is 0 Å². The van der Waals surface area contributed by atoms with Crippen molar-refractivity contribution in [1.29, 1.82) is 0 Å². The summed E-state index contributed by atoms with van der Waals surface area (Å²) in [7, 11) is 4.72. The molecule has 8 heteroatoms. The summed E-state index contributed by atoms with van der Waals surface area (Å²) in [4.78, 5) is 33.2. The molecule has 0 unspecified atom stereocenters. The van der Waals surface area contributed by atoms with Crippen LogP contribution in [0.15, 0.2) is 67.0 Å². The fraction of sp³-hybridized carbons (Fsp3) is 0.120. The first-order valence-corrected chi connectivity index (χ1v) is 10.3. The van der Waals surface area contributed by atoms with E-state index in [2.05, 4.69) is 25.9 Å². The summed E-state index contributed by atoms with van der Waals surface area (Å²) in [6, 6.07) is 16.8. The monoisotopic (exact) mass is 441 g/mol. The van der Waals surface area contributed by atoms with E-state index in [9.17, 15) is 9.59 Å². The van der Waals surface area contributed by atoms with Gasteiger partial charge in [0.25, 0.3) is 11.8 Å². The quantitative estimate of drug-likeness (QED) is 0.421. The third-order valence-corrected chi connectivity index (χ3v) is 5.24. The van der Waals surface area contributed by atoms with Gasteiger partial charge in [0, 0.05) is 54.8 Å². The van der Waals surface area contributed by atoms with Gasteiger partial charge in [-0.1, -0.05) is 24.3 Å². The maximum Gasteiger partial charge on any atom is 0.269 e. The highest BCUT2D eigenvalue weighted by molar-refractivity contribution is 6.09. The summed E-state index contributed by atoms with van der Waals surface area (Å²) < 4.78 is 5.62. The number of fused-ring (bicyclic) bond motifs is 1. The molecule has 8 nitrogen and oxygen atoms in total. The molecule has 0 atom stereocenters. The largest absolute Gasteiger partial charge is 0.496 e. The van der Waals surface area contributed by atoms with Gasteiger partial charge in [-0.3, -0.25) is 19.6 Å². The molecule has 0 saturated heterocycles. The van der Waals surface area contributed by atoms with Crippen molar-refractivity contribution in [1.82, 2.24) is 20.6 Å². The van der Waals surface area contributed by atoms with E-state index in [0.29, 0.717) is 28.2 Å². The average molecular weight is 441 g/mol. The predicted molar refractivity (Wildman–Crippen MR) is 128 cm³/mol. The van der Waals surface area contributed by atoms with Gasteiger partial charge in [-0.05, 0) is 24.3 Å². The minimum atomic E-state index is -0.263. The molecule has 0 aliphatic rings. The van der Waals surface area contributed by atoms with Gasteiger partial charge in [0.1, 0.15) is 11.4 Å². The fourth-order valence-electron chi connectivity index (χ4n) is 3.54. The Balaban J connectivity index is 1.92. The number of pyridine rings is 2. The summed E-state index contributed by atoms with van der Waals surface area (Å²) in [6.07, 6.45) is 3.17. The van der Waals surface area contributed by atoms with Gasteiger partial charge in [0.2, 0.25) is 0 Å². The third kappa shape index (κ3) is 4.31. The van der Waals surface area contributed by atoms with E-state index in [1.165, 1.54) is 0 Å². The highest BCUT2D eigenvalue weighted by atomic mass is 16.5. The molecule has 0 bridgehead atoms. The number of hydrogen-bond acceptors (Lipinski definition) is 6. The number of ether oxygens (including phenoxy) is 1. The smallest absolute Gasteiger partial charge is 0.269 e. The first kappa shape index (κ1) is 21.8. The molecule has 0 fully saturated rings. The van der Waals surface area contributed by atoms with Gasteiger partial charge in [-0.2, -0.15) is 0 Å². The molecule has 2 amide bonds. The molecular formula is C25H23N5O3. The van der Waals surface area contributed by atoms with Crippen LogP contribution < -0.4 is 20.7 Å². The van der Waals surface area contributed by atoms with Crippen LogP contribution in [-0.4, -0.2) is 43.0 Å². The second-order valence-corrected chi connectivity index (χ2v) is 7.20. The molecule has 0 aliphatic carbocycles. The van der Waals surface area contributed by atoms with Crippen molar-refractivity contribution >= 4 is 34.1 Å². The Bertz CT molecular complexity index is 1320. The lowest BCUT2D eigenvalue weighted by molar-refractivity contribution is 0.0952. The minimum absolute atomic E-state index is 0.253. The van der Waals surface area contributed by atoms with Crippen LogP contribution in [0.2, 0.25) is 0 Å². The zero-order chi connectivity index (χ0) is 23.4. The maximum atomic E-state index is 12.6. The standard InChI is InChI=1S/C25H23N5O3/c1-26-24(31)19-14-29-21-12-22(33-3)17(15-9-10-20(28-13-15)25(32)27-2)11-18(21)23(19)30-16-7-5-4-6-8-16/h4-14H,1-3H3,(H,26,31)(H,27,32)(H,29,30). The normalized spacial score (nSPS) is 10.5. The van der Waals surface area contributed by atoms with Crippen LogP contribution in [0.1, 0.15) is 20.8 Å². The van der Waals surface area contributed by atoms with Crippen LogP contribution in [0, 0.1) is 0 Å². The van der Waals surface area contributed by atoms with Crippen molar-refractivity contribution in [2.24, 2.45) is 0 Å². The van der Waals surface area contributed by atoms with Crippen LogP contribution in [0.5, 0.6) is 5.75 Å². The molecule has 2 aromatic heterocycles. The second-order valence-electron chi connectivity index (χ2n) is 7.20. The molecule has 0 saturated carbocycles. The van der Waals surface area contributed by atoms with Gasteiger partial charge in [0.05, 0.1) is 23.9 Å². The molecule has 0 aliphatic heterocycles. The van der Waals surface area contributed by atoms with Crippen molar-refractivity contribution < 1.29 is 14.3 Å². The molecule has 0 radical (unpaired) electrons. The Labute approximate surface area is 191 Å². The number of carbonyl (C=O) groups is 2. The molecule has 4 aromatic rings. The lowest BCUT2D eigenvalue weighted by atomic mass is 10.0. The second kappa shape index (κ2) is 9.35. The molecule has 2 aromatic carbocycles. The summed E-state index contributed by atoms with van der Waals surface area (Å²) in [6.45, 7) is 0. The number of carbonyl (C=O) groups excluding carboxylic acids is 2. The first-order chi connectivity index (χ1) is 16.0. The molecule has 3 N–H and O–H groups in total. The number of methoxy groups -OCH3 is 1. The number of hydrogen-bond donors (Lipinski definition) is 3. The number of benzene rings is 2. The lowest BCUT2D eigenvalue weighted by Crippen LogP contribution is -2.19. The maximum absolute atomic E-state index is 12.6. The number of anilines is 2. The van der Waals surface area contributed by atoms with E-state index in [1.54, 1.807) is 39.7 Å². The summed E-state index contributed by atoms with van der Waals surface area (Å²) in [5.41, 5.74) is 4.38. The number of amides is 2. The van der Waals surface area contributed by atoms with Crippen molar-refractivity contribution in [2.45, 2.75) is 0 Å². The Morgan fingerprint density at radius 2 is 1.64 bits per heavy atom. The summed E-state index contributed by atoms with van der Waals surface area (Å²) in [5.74, 6) is 0.0837. The lowest BCUT2D eigenvalue weighted by Gasteiger charge is -2.17.